The molecular formula is C35H34F7N9O4S. The van der Waals surface area contributed by atoms with Gasteiger partial charge in [-0.1, -0.05) is 19.1 Å². The smallest absolute Gasteiger partial charge is 0.378 e. The molecule has 7 rings (SSSR count). The van der Waals surface area contributed by atoms with E-state index in [1.165, 1.54) is 10.9 Å². The first-order valence-corrected chi connectivity index (χ1v) is 19.1. The first-order chi connectivity index (χ1) is 26.3. The Bertz CT molecular complexity index is 2430. The highest BCUT2D eigenvalue weighted by Crippen LogP contribution is 2.49. The Morgan fingerprint density at radius 1 is 1.07 bits per heavy atom. The van der Waals surface area contributed by atoms with Gasteiger partial charge >= 0.3 is 6.18 Å². The van der Waals surface area contributed by atoms with E-state index in [0.29, 0.717) is 53.5 Å². The summed E-state index contributed by atoms with van der Waals surface area (Å²) in [4.78, 5) is 25.1. The zero-order valence-electron chi connectivity index (χ0n) is 30.0. The lowest BCUT2D eigenvalue weighted by molar-refractivity contribution is -0.142. The van der Waals surface area contributed by atoms with Gasteiger partial charge < -0.3 is 15.0 Å². The normalized spacial score (nSPS) is 17.6. The van der Waals surface area contributed by atoms with Crippen molar-refractivity contribution in [1.29, 1.82) is 0 Å². The summed E-state index contributed by atoms with van der Waals surface area (Å²) in [6, 6.07) is 6.26. The number of morpholine rings is 1. The highest BCUT2D eigenvalue weighted by molar-refractivity contribution is 7.92. The number of halogens is 7. The van der Waals surface area contributed by atoms with E-state index >= 15 is 8.78 Å². The van der Waals surface area contributed by atoms with Gasteiger partial charge in [-0.2, -0.15) is 32.1 Å². The summed E-state index contributed by atoms with van der Waals surface area (Å²) in [6.07, 6.45) is -3.62. The predicted octanol–water partition coefficient (Wildman–Crippen LogP) is 5.12. The summed E-state index contributed by atoms with van der Waals surface area (Å²) < 4.78 is 136. The molecule has 2 atom stereocenters. The number of hydrogen-bond donors (Lipinski definition) is 2. The second-order valence-electron chi connectivity index (χ2n) is 13.8. The van der Waals surface area contributed by atoms with E-state index in [1.807, 2.05) is 0 Å². The third kappa shape index (κ3) is 7.60. The molecule has 13 nitrogen and oxygen atoms in total. The summed E-state index contributed by atoms with van der Waals surface area (Å²) >= 11 is 0. The number of aromatic nitrogens is 6. The van der Waals surface area contributed by atoms with E-state index in [9.17, 15) is 35.2 Å². The maximum atomic E-state index is 15.3. The van der Waals surface area contributed by atoms with Gasteiger partial charge in [-0.3, -0.25) is 18.9 Å². The molecule has 3 aromatic heterocycles. The Hall–Kier alpha value is -5.31. The second kappa shape index (κ2) is 14.3. The maximum absolute atomic E-state index is 15.3. The molecule has 4 heterocycles. The SMILES string of the molecule is C[C@@H]1Cc2c(C(F)(F)F)nn(CC(=O)N[C@@H](Cc3cc(F)cc(F)c3)c3nc(N4CCOCC4)ncc3-c3cccc4c(NS(C)(=O)=O)nn(C)c34)c2C1(F)F. The number of fused-ring (bicyclic) bond motifs is 2. The quantitative estimate of drug-likeness (QED) is 0.184. The molecular weight excluding hydrogens is 775 g/mol. The van der Waals surface area contributed by atoms with E-state index < -0.39 is 81.5 Å². The van der Waals surface area contributed by atoms with Crippen LogP contribution in [-0.2, 0) is 58.1 Å². The lowest BCUT2D eigenvalue weighted by atomic mass is 9.95. The van der Waals surface area contributed by atoms with Crippen LogP contribution < -0.4 is 14.9 Å². The molecule has 2 N–H and O–H groups in total. The molecule has 21 heteroatoms. The van der Waals surface area contributed by atoms with Crippen molar-refractivity contribution in [2.45, 2.75) is 44.5 Å². The number of carbonyl (C=O) groups is 1. The van der Waals surface area contributed by atoms with Crippen molar-refractivity contribution in [2.75, 3.05) is 42.2 Å². The van der Waals surface area contributed by atoms with Crippen LogP contribution in [0.25, 0.3) is 22.0 Å². The Balaban J connectivity index is 1.37. The van der Waals surface area contributed by atoms with Crippen molar-refractivity contribution in [3.05, 3.63) is 82.4 Å². The molecule has 1 fully saturated rings. The van der Waals surface area contributed by atoms with Crippen LogP contribution in [0.5, 0.6) is 0 Å². The fourth-order valence-electron chi connectivity index (χ4n) is 7.21. The lowest BCUT2D eigenvalue weighted by Gasteiger charge is -2.29. The van der Waals surface area contributed by atoms with Crippen LogP contribution >= 0.6 is 0 Å². The largest absolute Gasteiger partial charge is 0.435 e. The lowest BCUT2D eigenvalue weighted by Crippen LogP contribution is -2.38. The van der Waals surface area contributed by atoms with Gasteiger partial charge in [-0.25, -0.2) is 27.2 Å². The number of anilines is 2. The molecule has 2 aromatic carbocycles. The minimum atomic E-state index is -5.08. The number of sulfonamides is 1. The van der Waals surface area contributed by atoms with Crippen molar-refractivity contribution in [3.63, 3.8) is 0 Å². The van der Waals surface area contributed by atoms with Crippen molar-refractivity contribution in [1.82, 2.24) is 34.8 Å². The summed E-state index contributed by atoms with van der Waals surface area (Å²) in [5.41, 5.74) is -2.07. The van der Waals surface area contributed by atoms with Gasteiger partial charge in [0.25, 0.3) is 5.92 Å². The number of hydrogen-bond acceptors (Lipinski definition) is 9. The summed E-state index contributed by atoms with van der Waals surface area (Å²) in [7, 11) is -2.21. The first-order valence-electron chi connectivity index (χ1n) is 17.2. The Kier molecular flexibility index (Phi) is 9.96. The van der Waals surface area contributed by atoms with Crippen LogP contribution in [0.1, 0.15) is 41.2 Å². The highest BCUT2D eigenvalue weighted by atomic mass is 32.2. The molecule has 1 amide bonds. The van der Waals surface area contributed by atoms with Gasteiger partial charge in [0.05, 0.1) is 36.7 Å². The number of amides is 1. The molecule has 298 valence electrons. The van der Waals surface area contributed by atoms with Gasteiger partial charge in [0, 0.05) is 60.4 Å². The second-order valence-corrected chi connectivity index (χ2v) is 15.5. The Morgan fingerprint density at radius 3 is 2.43 bits per heavy atom. The number of ether oxygens (including phenoxy) is 1. The van der Waals surface area contributed by atoms with E-state index in [2.05, 4.69) is 25.2 Å². The maximum Gasteiger partial charge on any atom is 0.435 e. The number of nitrogens with zero attached hydrogens (tertiary/aromatic N) is 7. The number of benzene rings is 2. The number of carbonyl (C=O) groups excluding carboxylic acids is 1. The average molecular weight is 810 g/mol. The van der Waals surface area contributed by atoms with Crippen LogP contribution in [0.4, 0.5) is 42.5 Å². The third-order valence-electron chi connectivity index (χ3n) is 9.62. The highest BCUT2D eigenvalue weighted by Gasteiger charge is 2.54. The molecule has 0 bridgehead atoms. The molecule has 1 aliphatic heterocycles. The standard InChI is InChI=1S/C35H34F7N9O4S/c1-18-11-24-30(35(40,41)42)46-51(31(24)34(18,38)39)17-27(52)44-26(14-19-12-20(36)15-21(37)13-19)28-25(16-43-33(45-28)50-7-9-55-10-8-50)22-5-4-6-23-29(22)49(2)47-32(23)48-56(3,53)54/h4-6,12-13,15-16,18,26H,7-11,14,17H2,1-3H3,(H,44,52)(H,47,48)/t18-,26+/m1/s1. The Morgan fingerprint density at radius 2 is 1.77 bits per heavy atom. The van der Waals surface area contributed by atoms with Crippen LogP contribution in [0, 0.1) is 17.6 Å². The number of alkyl halides is 5. The Labute approximate surface area is 314 Å². The number of nitrogens with one attached hydrogen (secondary N) is 2. The summed E-state index contributed by atoms with van der Waals surface area (Å²) in [5.74, 6) is -7.96. The van der Waals surface area contributed by atoms with E-state index in [0.717, 1.165) is 25.3 Å². The zero-order chi connectivity index (χ0) is 40.3. The summed E-state index contributed by atoms with van der Waals surface area (Å²) in [6.45, 7) is 1.46. The van der Waals surface area contributed by atoms with Crippen molar-refractivity contribution < 1.29 is 48.7 Å². The fourth-order valence-corrected chi connectivity index (χ4v) is 7.71. The van der Waals surface area contributed by atoms with Gasteiger partial charge in [-0.15, -0.1) is 0 Å². The van der Waals surface area contributed by atoms with Gasteiger partial charge in [0.2, 0.25) is 21.9 Å². The van der Waals surface area contributed by atoms with Crippen LogP contribution in [-0.4, -0.2) is 76.4 Å². The monoisotopic (exact) mass is 809 g/mol. The van der Waals surface area contributed by atoms with Crippen LogP contribution in [0.2, 0.25) is 0 Å². The van der Waals surface area contributed by atoms with Gasteiger partial charge in [0.15, 0.2) is 11.5 Å². The molecule has 0 spiro atoms. The van der Waals surface area contributed by atoms with E-state index in [1.54, 1.807) is 30.1 Å². The molecule has 1 aliphatic carbocycles. The molecule has 5 aromatic rings. The average Bonchev–Trinajstić information content (AvgIpc) is 3.71. The van der Waals surface area contributed by atoms with Gasteiger partial charge in [-0.05, 0) is 36.6 Å². The van der Waals surface area contributed by atoms with Crippen LogP contribution in [0.15, 0.2) is 42.6 Å². The topological polar surface area (TPSA) is 149 Å². The predicted molar refractivity (Wildman–Crippen MR) is 188 cm³/mol. The van der Waals surface area contributed by atoms with Crippen molar-refractivity contribution in [3.8, 4) is 11.1 Å². The van der Waals surface area contributed by atoms with E-state index in [-0.39, 0.29) is 35.0 Å². The summed E-state index contributed by atoms with van der Waals surface area (Å²) in [5, 5.41) is 10.8. The van der Waals surface area contributed by atoms with E-state index in [4.69, 9.17) is 9.72 Å². The minimum Gasteiger partial charge on any atom is -0.378 e. The van der Waals surface area contributed by atoms with Crippen LogP contribution in [0.3, 0.4) is 0 Å². The number of rotatable bonds is 10. The van der Waals surface area contributed by atoms with Crippen molar-refractivity contribution in [2.24, 2.45) is 13.0 Å². The molecule has 2 aliphatic rings. The molecule has 56 heavy (non-hydrogen) atoms. The number of para-hydroxylation sites is 1. The first kappa shape index (κ1) is 38.9. The molecule has 1 saturated heterocycles. The fraction of sp³-hybridized carbons (Fsp3) is 0.400. The zero-order valence-corrected chi connectivity index (χ0v) is 30.8. The molecule has 0 saturated carbocycles. The van der Waals surface area contributed by atoms with Gasteiger partial charge in [0.1, 0.15) is 23.9 Å². The van der Waals surface area contributed by atoms with Crippen molar-refractivity contribution >= 4 is 38.6 Å². The number of aryl methyl sites for hydroxylation is 1. The minimum absolute atomic E-state index is 0.00967. The third-order valence-corrected chi connectivity index (χ3v) is 10.2. The molecule has 0 radical (unpaired) electrons. The molecule has 0 unspecified atom stereocenters.